The molecule has 0 saturated carbocycles. The first-order chi connectivity index (χ1) is 31.2. The molecule has 5 nitrogen and oxygen atoms in total. The zero-order valence-electron chi connectivity index (χ0n) is 33.6. The van der Waals surface area contributed by atoms with Gasteiger partial charge in [-0.25, -0.2) is 15.0 Å². The van der Waals surface area contributed by atoms with E-state index in [1.165, 1.54) is 63.5 Å². The van der Waals surface area contributed by atoms with Gasteiger partial charge in [-0.05, 0) is 58.6 Å². The second-order valence-electron chi connectivity index (χ2n) is 16.3. The summed E-state index contributed by atoms with van der Waals surface area (Å²) in [4.78, 5) is 15.3. The molecule has 0 aliphatic heterocycles. The third-order valence-corrected chi connectivity index (χ3v) is 13.9. The fourth-order valence-corrected chi connectivity index (χ4v) is 11.0. The molecule has 0 spiro atoms. The van der Waals surface area contributed by atoms with Gasteiger partial charge in [-0.15, -0.1) is 11.3 Å². The van der Waals surface area contributed by atoms with E-state index in [-0.39, 0.29) is 0 Å². The van der Waals surface area contributed by atoms with Crippen molar-refractivity contribution in [3.63, 3.8) is 0 Å². The zero-order valence-corrected chi connectivity index (χ0v) is 34.4. The van der Waals surface area contributed by atoms with E-state index in [0.717, 1.165) is 55.1 Å². The normalized spacial score (nSPS) is 12.1. The van der Waals surface area contributed by atoms with Gasteiger partial charge in [0.1, 0.15) is 11.2 Å². The highest BCUT2D eigenvalue weighted by Crippen LogP contribution is 2.44. The fraction of sp³-hybridized carbons (Fsp3) is 0. The van der Waals surface area contributed by atoms with Crippen molar-refractivity contribution in [2.45, 2.75) is 0 Å². The predicted octanol–water partition coefficient (Wildman–Crippen LogP) is 15.7. The van der Waals surface area contributed by atoms with Crippen LogP contribution in [0.1, 0.15) is 0 Å². The van der Waals surface area contributed by atoms with E-state index in [4.69, 9.17) is 19.4 Å². The second kappa shape index (κ2) is 13.2. The third kappa shape index (κ3) is 5.19. The second-order valence-corrected chi connectivity index (χ2v) is 17.4. The van der Waals surface area contributed by atoms with Crippen LogP contribution < -0.4 is 0 Å². The highest BCUT2D eigenvalue weighted by atomic mass is 32.1. The van der Waals surface area contributed by atoms with E-state index in [2.05, 4.69) is 168 Å². The maximum absolute atomic E-state index is 6.93. The van der Waals surface area contributed by atoms with E-state index in [0.29, 0.717) is 17.5 Å². The molecule has 0 saturated heterocycles. The van der Waals surface area contributed by atoms with Gasteiger partial charge in [-0.2, -0.15) is 0 Å². The summed E-state index contributed by atoms with van der Waals surface area (Å²) in [7, 11) is 0. The third-order valence-electron chi connectivity index (χ3n) is 12.8. The minimum atomic E-state index is 0.590. The Morgan fingerprint density at radius 3 is 1.78 bits per heavy atom. The minimum Gasteiger partial charge on any atom is -0.455 e. The lowest BCUT2D eigenvalue weighted by Crippen LogP contribution is -2.00. The topological polar surface area (TPSA) is 56.7 Å². The molecule has 0 unspecified atom stereocenters. The summed E-state index contributed by atoms with van der Waals surface area (Å²) in [5, 5.41) is 14.1. The van der Waals surface area contributed by atoms with Gasteiger partial charge in [-0.3, -0.25) is 0 Å². The van der Waals surface area contributed by atoms with Crippen LogP contribution in [-0.4, -0.2) is 19.5 Å². The number of aromatic nitrogens is 4. The van der Waals surface area contributed by atoms with E-state index >= 15 is 0 Å². The first-order valence-corrected chi connectivity index (χ1v) is 22.0. The first kappa shape index (κ1) is 34.5. The molecule has 6 heteroatoms. The average molecular weight is 821 g/mol. The van der Waals surface area contributed by atoms with Gasteiger partial charge < -0.3 is 8.98 Å². The molecule has 0 aliphatic carbocycles. The molecule has 0 radical (unpaired) electrons. The highest BCUT2D eigenvalue weighted by molar-refractivity contribution is 7.25. The Morgan fingerprint density at radius 1 is 0.365 bits per heavy atom. The van der Waals surface area contributed by atoms with E-state index in [1.54, 1.807) is 11.3 Å². The molecule has 0 bridgehead atoms. The van der Waals surface area contributed by atoms with Crippen LogP contribution in [0, 0.1) is 0 Å². The van der Waals surface area contributed by atoms with Crippen molar-refractivity contribution in [3.05, 3.63) is 194 Å². The number of thiophene rings is 1. The number of rotatable bonds is 4. The average Bonchev–Trinajstić information content (AvgIpc) is 4.02. The number of benzene rings is 10. The summed E-state index contributed by atoms with van der Waals surface area (Å²) < 4.78 is 11.9. The lowest BCUT2D eigenvalue weighted by Gasteiger charge is -2.14. The van der Waals surface area contributed by atoms with Crippen LogP contribution in [0.5, 0.6) is 0 Å². The Labute approximate surface area is 363 Å². The number of fused-ring (bicyclic) bond motifs is 14. The van der Waals surface area contributed by atoms with Crippen LogP contribution in [0.15, 0.2) is 199 Å². The molecular weight excluding hydrogens is 789 g/mol. The lowest BCUT2D eigenvalue weighted by atomic mass is 10.0. The van der Waals surface area contributed by atoms with Crippen LogP contribution in [0.25, 0.3) is 136 Å². The molecule has 10 aromatic carbocycles. The molecule has 0 amide bonds. The SMILES string of the molecule is c1ccc(-c2nc(-c3ccc4c(c3)oc3c5ccccc5c(-n5c6cc7ccccc7cc6c6ccc7ccccc7c65)cc43)nc(-c3ccc4c(c3)sc3ccccc34)n2)cc1. The Morgan fingerprint density at radius 2 is 0.968 bits per heavy atom. The Balaban J connectivity index is 0.992. The maximum atomic E-state index is 6.93. The molecule has 0 aliphatic rings. The fourth-order valence-electron chi connectivity index (χ4n) is 9.83. The lowest BCUT2D eigenvalue weighted by molar-refractivity contribution is 0.672. The van der Waals surface area contributed by atoms with Crippen molar-refractivity contribution >= 4 is 108 Å². The van der Waals surface area contributed by atoms with Crippen molar-refractivity contribution in [1.29, 1.82) is 0 Å². The molecule has 4 heterocycles. The molecule has 14 rings (SSSR count). The minimum absolute atomic E-state index is 0.590. The van der Waals surface area contributed by atoms with Crippen molar-refractivity contribution in [3.8, 4) is 39.9 Å². The first-order valence-electron chi connectivity index (χ1n) is 21.2. The predicted molar refractivity (Wildman–Crippen MR) is 263 cm³/mol. The molecule has 0 atom stereocenters. The quantitative estimate of drug-likeness (QED) is 0.177. The molecule has 63 heavy (non-hydrogen) atoms. The van der Waals surface area contributed by atoms with Gasteiger partial charge in [0, 0.05) is 74.6 Å². The largest absolute Gasteiger partial charge is 0.455 e. The number of hydrogen-bond acceptors (Lipinski definition) is 5. The van der Waals surface area contributed by atoms with Crippen LogP contribution in [0.4, 0.5) is 0 Å². The molecule has 4 aromatic heterocycles. The van der Waals surface area contributed by atoms with Crippen molar-refractivity contribution in [2.75, 3.05) is 0 Å². The Bertz CT molecular complexity index is 4220. The van der Waals surface area contributed by atoms with Gasteiger partial charge >= 0.3 is 0 Å². The molecule has 0 N–H and O–H groups in total. The highest BCUT2D eigenvalue weighted by Gasteiger charge is 2.22. The standard InChI is InChI=1S/C57H32N4OS/c1-2-13-34(14-3-1)55-58-56(60-57(59-55)38-24-26-43-42-19-10-11-21-51(42)63-52(43)31-38)37-23-25-41-47-32-49(40-18-8-9-20-45(40)54(47)62-50(41)30-37)61-48-29-36-16-5-4-15-35(36)28-46(48)44-27-22-33-12-6-7-17-39(33)53(44)61/h1-32H. The van der Waals surface area contributed by atoms with E-state index in [1.807, 2.05) is 30.3 Å². The van der Waals surface area contributed by atoms with Crippen LogP contribution in [-0.2, 0) is 0 Å². The van der Waals surface area contributed by atoms with Gasteiger partial charge in [0.15, 0.2) is 17.5 Å². The summed E-state index contributed by atoms with van der Waals surface area (Å²) in [6, 6.07) is 69.2. The monoisotopic (exact) mass is 820 g/mol. The summed E-state index contributed by atoms with van der Waals surface area (Å²) in [6.45, 7) is 0. The molecule has 292 valence electrons. The molecule has 0 fully saturated rings. The van der Waals surface area contributed by atoms with Crippen LogP contribution in [0.3, 0.4) is 0 Å². The smallest absolute Gasteiger partial charge is 0.164 e. The molecular formula is C57H32N4OS. The van der Waals surface area contributed by atoms with Crippen molar-refractivity contribution in [1.82, 2.24) is 19.5 Å². The summed E-state index contributed by atoms with van der Waals surface area (Å²) >= 11 is 1.79. The number of furan rings is 1. The van der Waals surface area contributed by atoms with Crippen molar-refractivity contribution in [2.24, 2.45) is 0 Å². The Kier molecular flexibility index (Phi) is 7.21. The molecule has 14 aromatic rings. The zero-order chi connectivity index (χ0) is 41.2. The number of nitrogens with zero attached hydrogens (tertiary/aromatic N) is 4. The van der Waals surface area contributed by atoms with E-state index < -0.39 is 0 Å². The van der Waals surface area contributed by atoms with Gasteiger partial charge in [-0.1, -0.05) is 152 Å². The van der Waals surface area contributed by atoms with Gasteiger partial charge in [0.05, 0.1) is 16.7 Å². The van der Waals surface area contributed by atoms with Gasteiger partial charge in [0.2, 0.25) is 0 Å². The van der Waals surface area contributed by atoms with Crippen LogP contribution >= 0.6 is 11.3 Å². The summed E-state index contributed by atoms with van der Waals surface area (Å²) in [5.41, 5.74) is 7.85. The van der Waals surface area contributed by atoms with E-state index in [9.17, 15) is 0 Å². The maximum Gasteiger partial charge on any atom is 0.164 e. The Hall–Kier alpha value is -8.19. The van der Waals surface area contributed by atoms with Crippen molar-refractivity contribution < 1.29 is 4.42 Å². The van der Waals surface area contributed by atoms with Crippen LogP contribution in [0.2, 0.25) is 0 Å². The summed E-state index contributed by atoms with van der Waals surface area (Å²) in [6.07, 6.45) is 0. The number of hydrogen-bond donors (Lipinski definition) is 0. The summed E-state index contributed by atoms with van der Waals surface area (Å²) in [5.74, 6) is 1.84. The van der Waals surface area contributed by atoms with Gasteiger partial charge in [0.25, 0.3) is 0 Å².